The minimum absolute atomic E-state index is 0.0320. The molecule has 2 bridgehead atoms. The number of carbonyl (C=O) groups is 5. The van der Waals surface area contributed by atoms with Crippen molar-refractivity contribution in [2.45, 2.75) is 160 Å². The summed E-state index contributed by atoms with van der Waals surface area (Å²) in [5.74, 6) is -5.49. The molecule has 4 fully saturated rings. The van der Waals surface area contributed by atoms with Gasteiger partial charge < -0.3 is 49.4 Å². The largest absolute Gasteiger partial charge is 0.456 e. The van der Waals surface area contributed by atoms with Crippen LogP contribution in [0.5, 0.6) is 0 Å². The Morgan fingerprint density at radius 2 is 1.62 bits per heavy atom. The second kappa shape index (κ2) is 15.6. The molecule has 0 radical (unpaired) electrons. The lowest BCUT2D eigenvalue weighted by Crippen LogP contribution is -2.81. The number of hydrogen-bond acceptors (Lipinski definition) is 14. The van der Waals surface area contributed by atoms with Gasteiger partial charge in [0.15, 0.2) is 17.5 Å². The first-order valence-electron chi connectivity index (χ1n) is 20.3. The molecular weight excluding hydrogens is 754 g/mol. The van der Waals surface area contributed by atoms with E-state index in [1.165, 1.54) is 32.9 Å². The van der Waals surface area contributed by atoms with Crippen LogP contribution in [0.3, 0.4) is 0 Å². The van der Waals surface area contributed by atoms with E-state index in [2.05, 4.69) is 5.32 Å². The van der Waals surface area contributed by atoms with Crippen LogP contribution in [-0.2, 0) is 38.1 Å². The number of esters is 3. The molecule has 0 aromatic heterocycles. The predicted octanol–water partition coefficient (Wildman–Crippen LogP) is 3.47. The molecule has 3 saturated carbocycles. The van der Waals surface area contributed by atoms with E-state index >= 15 is 0 Å². The number of amides is 1. The summed E-state index contributed by atoms with van der Waals surface area (Å²) in [6.45, 7) is 12.0. The van der Waals surface area contributed by atoms with Crippen molar-refractivity contribution in [2.24, 2.45) is 22.7 Å². The summed E-state index contributed by atoms with van der Waals surface area (Å²) in [5.41, 5.74) is -8.24. The molecule has 5 aliphatic rings. The number of nitrogens with one attached hydrogen (secondary N) is 1. The molecule has 11 atom stereocenters. The molecule has 4 aliphatic carbocycles. The van der Waals surface area contributed by atoms with Gasteiger partial charge in [-0.2, -0.15) is 0 Å². The molecule has 1 aromatic carbocycles. The molecule has 58 heavy (non-hydrogen) atoms. The topological polar surface area (TPSA) is 224 Å². The number of ether oxygens (including phenoxy) is 5. The number of carbonyl (C=O) groups excluding carboxylic acids is 5. The number of fused-ring (bicyclic) bond motifs is 5. The number of ketones is 1. The van der Waals surface area contributed by atoms with Crippen molar-refractivity contribution in [2.75, 3.05) is 6.61 Å². The summed E-state index contributed by atoms with van der Waals surface area (Å²) < 4.78 is 29.7. The van der Waals surface area contributed by atoms with Gasteiger partial charge in [0.05, 0.1) is 35.6 Å². The average Bonchev–Trinajstić information content (AvgIpc) is 3.14. The molecule has 1 heterocycles. The number of benzene rings is 1. The maximum Gasteiger partial charge on any atom is 0.407 e. The molecule has 1 amide bonds. The minimum Gasteiger partial charge on any atom is -0.456 e. The van der Waals surface area contributed by atoms with Crippen LogP contribution >= 0.6 is 0 Å². The third-order valence-corrected chi connectivity index (χ3v) is 13.6. The van der Waals surface area contributed by atoms with E-state index in [-0.39, 0.29) is 35.7 Å². The van der Waals surface area contributed by atoms with Crippen molar-refractivity contribution in [3.8, 4) is 0 Å². The fraction of sp³-hybridized carbons (Fsp3) is 0.698. The fourth-order valence-corrected chi connectivity index (χ4v) is 10.5. The molecule has 15 nitrogen and oxygen atoms in total. The Hall–Kier alpha value is -3.89. The van der Waals surface area contributed by atoms with Crippen molar-refractivity contribution >= 4 is 29.8 Å². The zero-order valence-electron chi connectivity index (χ0n) is 34.6. The second-order valence-corrected chi connectivity index (χ2v) is 18.6. The number of aliphatic hydroxyl groups is 4. The highest BCUT2D eigenvalue weighted by molar-refractivity contribution is 5.94. The van der Waals surface area contributed by atoms with E-state index in [4.69, 9.17) is 23.7 Å². The van der Waals surface area contributed by atoms with Crippen molar-refractivity contribution in [1.82, 2.24) is 5.32 Å². The molecule has 0 spiro atoms. The molecule has 15 heteroatoms. The highest BCUT2D eigenvalue weighted by atomic mass is 16.6. The predicted molar refractivity (Wildman–Crippen MR) is 205 cm³/mol. The molecular formula is C43H59NO14. The van der Waals surface area contributed by atoms with Crippen molar-refractivity contribution in [3.63, 3.8) is 0 Å². The Labute approximate surface area is 338 Å². The summed E-state index contributed by atoms with van der Waals surface area (Å²) in [7, 11) is 0. The number of rotatable bonds is 8. The van der Waals surface area contributed by atoms with Crippen molar-refractivity contribution in [3.05, 3.63) is 47.0 Å². The monoisotopic (exact) mass is 813 g/mol. The maximum absolute atomic E-state index is 15.0. The smallest absolute Gasteiger partial charge is 0.407 e. The van der Waals surface area contributed by atoms with Crippen LogP contribution in [-0.4, -0.2) is 116 Å². The van der Waals surface area contributed by atoms with E-state index in [1.54, 1.807) is 52.8 Å². The van der Waals surface area contributed by atoms with E-state index < -0.39 is 112 Å². The van der Waals surface area contributed by atoms with Crippen LogP contribution in [0.25, 0.3) is 0 Å². The molecule has 6 rings (SSSR count). The van der Waals surface area contributed by atoms with Crippen molar-refractivity contribution < 1.29 is 68.1 Å². The first kappa shape index (κ1) is 43.7. The van der Waals surface area contributed by atoms with Gasteiger partial charge in [-0.25, -0.2) is 14.4 Å². The van der Waals surface area contributed by atoms with E-state index in [9.17, 15) is 44.4 Å². The van der Waals surface area contributed by atoms with Gasteiger partial charge in [-0.15, -0.1) is 0 Å². The SMILES string of the molecule is CC(=O)O[C@@]12CO[C@@H]1C[C@H](O)[C@@]1(C)C(=O)[C@H](O)C3=C(C)[C@@H](OC(=O)[C@H](O)[C@@H](NC(=O)OC(C)(C)C)C4CCCCC4)C[C@@](O)([C@@H](OC(=O)c4ccccc4)[C@H]21)C3(C)C. The highest BCUT2D eigenvalue weighted by Crippen LogP contribution is 2.64. The summed E-state index contributed by atoms with van der Waals surface area (Å²) >= 11 is 0. The van der Waals surface area contributed by atoms with Gasteiger partial charge in [0.25, 0.3) is 0 Å². The first-order valence-corrected chi connectivity index (χ1v) is 20.3. The third kappa shape index (κ3) is 7.35. The Morgan fingerprint density at radius 1 is 0.983 bits per heavy atom. The normalized spacial score (nSPS) is 35.7. The molecule has 1 aromatic rings. The Kier molecular flexibility index (Phi) is 11.8. The van der Waals surface area contributed by atoms with Crippen LogP contribution in [0.4, 0.5) is 4.79 Å². The first-order chi connectivity index (χ1) is 27.0. The lowest BCUT2D eigenvalue weighted by Gasteiger charge is -2.67. The lowest BCUT2D eigenvalue weighted by molar-refractivity contribution is -0.346. The van der Waals surface area contributed by atoms with Crippen LogP contribution < -0.4 is 5.32 Å². The van der Waals surface area contributed by atoms with Crippen molar-refractivity contribution in [1.29, 1.82) is 0 Å². The van der Waals surface area contributed by atoms with Crippen LogP contribution in [0, 0.1) is 22.7 Å². The lowest BCUT2D eigenvalue weighted by atomic mass is 9.44. The van der Waals surface area contributed by atoms with Gasteiger partial charge in [0.1, 0.15) is 35.6 Å². The quantitative estimate of drug-likeness (QED) is 0.144. The Bertz CT molecular complexity index is 1820. The van der Waals surface area contributed by atoms with E-state index in [0.29, 0.717) is 12.8 Å². The molecule has 0 unspecified atom stereocenters. The summed E-state index contributed by atoms with van der Waals surface area (Å²) in [6.07, 6.45) is -7.21. The van der Waals surface area contributed by atoms with E-state index in [1.807, 2.05) is 0 Å². The second-order valence-electron chi connectivity index (χ2n) is 18.6. The zero-order chi connectivity index (χ0) is 42.7. The molecule has 5 N–H and O–H groups in total. The number of Topliss-reactive ketones (excluding diaryl/α,β-unsaturated/α-hetero) is 1. The Balaban J connectivity index is 1.47. The summed E-state index contributed by atoms with van der Waals surface area (Å²) in [4.78, 5) is 69.1. The zero-order valence-corrected chi connectivity index (χ0v) is 34.6. The summed E-state index contributed by atoms with van der Waals surface area (Å²) in [6, 6.07) is 6.82. The summed E-state index contributed by atoms with van der Waals surface area (Å²) in [5, 5.41) is 51.9. The number of aliphatic hydroxyl groups excluding tert-OH is 3. The molecule has 320 valence electrons. The molecule has 1 saturated heterocycles. The van der Waals surface area contributed by atoms with Gasteiger partial charge in [0.2, 0.25) is 0 Å². The molecule has 1 aliphatic heterocycles. The highest BCUT2D eigenvalue weighted by Gasteiger charge is 2.78. The van der Waals surface area contributed by atoms with Gasteiger partial charge in [0, 0.05) is 25.2 Å². The van der Waals surface area contributed by atoms with Gasteiger partial charge in [-0.05, 0) is 76.7 Å². The minimum atomic E-state index is -2.32. The Morgan fingerprint density at radius 3 is 2.19 bits per heavy atom. The third-order valence-electron chi connectivity index (χ3n) is 13.6. The van der Waals surface area contributed by atoms with E-state index in [0.717, 1.165) is 19.3 Å². The number of hydrogen-bond donors (Lipinski definition) is 5. The fourth-order valence-electron chi connectivity index (χ4n) is 10.5. The van der Waals surface area contributed by atoms with Crippen LogP contribution in [0.1, 0.15) is 111 Å². The van der Waals surface area contributed by atoms with Crippen LogP contribution in [0.15, 0.2) is 41.5 Å². The van der Waals surface area contributed by atoms with Crippen LogP contribution in [0.2, 0.25) is 0 Å². The van der Waals surface area contributed by atoms with Gasteiger partial charge in [-0.1, -0.05) is 51.3 Å². The maximum atomic E-state index is 15.0. The number of alkyl carbamates (subject to hydrolysis) is 1. The van der Waals surface area contributed by atoms with Gasteiger partial charge in [-0.3, -0.25) is 9.59 Å². The standard InChI is InChI=1S/C43H59NO14/c1-22-26(55-37(51)32(48)30(24-15-11-9-12-16-24)44-38(52)58-39(3,4)5)20-43(53)35(56-36(50)25-17-13-10-14-18-25)33-41(8,34(49)31(47)29(22)40(43,6)7)27(46)19-28-42(33,21-54-28)57-23(2)45/h10,13-14,17-18,24,26-28,30-33,35,46-48,53H,9,11-12,15-16,19-21H2,1-8H3,(H,44,52)/t26-,27-,28+,30-,31+,32+,33-,35-,41+,42-,43+/m0/s1. The average molecular weight is 814 g/mol. The van der Waals surface area contributed by atoms with Gasteiger partial charge >= 0.3 is 24.0 Å².